The Bertz CT molecular complexity index is 1650. The number of aliphatic hydroxyl groups excluding tert-OH is 2. The van der Waals surface area contributed by atoms with Gasteiger partial charge in [0.05, 0.1) is 18.1 Å². The number of benzene rings is 4. The van der Waals surface area contributed by atoms with Crippen molar-refractivity contribution >= 4 is 11.7 Å². The van der Waals surface area contributed by atoms with E-state index >= 15 is 0 Å². The Kier molecular flexibility index (Phi) is 7.73. The van der Waals surface area contributed by atoms with Crippen molar-refractivity contribution < 1.29 is 19.7 Å². The molecular weight excluding hydrogens is 542 g/mol. The monoisotopic (exact) mass is 573 g/mol. The van der Waals surface area contributed by atoms with Gasteiger partial charge in [-0.15, -0.1) is 0 Å². The van der Waals surface area contributed by atoms with Crippen molar-refractivity contribution in [1.29, 1.82) is 0 Å². The maximum Gasteiger partial charge on any atom is 0.351 e. The highest BCUT2D eigenvalue weighted by atomic mass is 16.6. The molecule has 3 N–H and O–H groups in total. The van der Waals surface area contributed by atoms with Gasteiger partial charge in [-0.3, -0.25) is 9.36 Å². The molecule has 1 fully saturated rings. The zero-order valence-electron chi connectivity index (χ0n) is 23.3. The first-order chi connectivity index (χ1) is 21.0. The molecule has 0 spiro atoms. The molecule has 2 heterocycles. The van der Waals surface area contributed by atoms with E-state index in [1.165, 1.54) is 16.8 Å². The van der Waals surface area contributed by atoms with Gasteiger partial charge < -0.3 is 20.3 Å². The van der Waals surface area contributed by atoms with Crippen LogP contribution in [0.15, 0.2) is 138 Å². The van der Waals surface area contributed by atoms with Gasteiger partial charge in [0.2, 0.25) is 0 Å². The van der Waals surface area contributed by atoms with Gasteiger partial charge in [-0.1, -0.05) is 109 Å². The summed E-state index contributed by atoms with van der Waals surface area (Å²) in [5.74, 6) is -0.327. The van der Waals surface area contributed by atoms with Crippen molar-refractivity contribution in [3.8, 4) is 0 Å². The number of rotatable bonds is 8. The summed E-state index contributed by atoms with van der Waals surface area (Å²) in [6.45, 7) is -0.454. The summed E-state index contributed by atoms with van der Waals surface area (Å²) < 4.78 is 8.12. The Labute approximate surface area is 248 Å². The molecule has 1 aliphatic rings. The lowest BCUT2D eigenvalue weighted by Gasteiger charge is -2.50. The first kappa shape index (κ1) is 28.2. The quantitative estimate of drug-likeness (QED) is 0.238. The van der Waals surface area contributed by atoms with Crippen molar-refractivity contribution in [1.82, 2.24) is 9.55 Å². The van der Waals surface area contributed by atoms with Gasteiger partial charge in [0.1, 0.15) is 11.9 Å². The number of aliphatic hydroxyl groups is 2. The molecule has 0 aliphatic carbocycles. The third kappa shape index (κ3) is 4.85. The minimum absolute atomic E-state index is 0.0335. The van der Waals surface area contributed by atoms with E-state index in [2.05, 4.69) is 10.3 Å². The molecule has 1 saturated heterocycles. The summed E-state index contributed by atoms with van der Waals surface area (Å²) >= 11 is 0. The Morgan fingerprint density at radius 2 is 1.33 bits per heavy atom. The number of nitrogens with one attached hydrogen (secondary N) is 1. The maximum atomic E-state index is 14.1. The minimum Gasteiger partial charge on any atom is -0.394 e. The van der Waals surface area contributed by atoms with Gasteiger partial charge in [-0.2, -0.15) is 4.98 Å². The van der Waals surface area contributed by atoms with Crippen molar-refractivity contribution in [2.24, 2.45) is 0 Å². The van der Waals surface area contributed by atoms with Gasteiger partial charge >= 0.3 is 5.69 Å². The second kappa shape index (κ2) is 11.8. The lowest BCUT2D eigenvalue weighted by molar-refractivity contribution is -0.147. The lowest BCUT2D eigenvalue weighted by atomic mass is 9.61. The molecule has 6 rings (SSSR count). The fourth-order valence-corrected chi connectivity index (χ4v) is 6.29. The Morgan fingerprint density at radius 1 is 0.837 bits per heavy atom. The van der Waals surface area contributed by atoms with Crippen LogP contribution >= 0.6 is 0 Å². The van der Waals surface area contributed by atoms with E-state index in [1.807, 2.05) is 97.1 Å². The standard InChI is InChI=1S/C35H31N3O5/c39-24-30-29(40)23-34(43-30,38-22-21-31(37-33(38)42)36-32(41)25-13-5-1-6-14-25)35(26-15-7-2-8-16-26,27-17-9-3-10-18-27)28-19-11-4-12-20-28/h1-22,29-30,39-40H,23-24H2,(H,36,37,41,42)/t29-,30+,34-/m0/s1. The number of hydrogen-bond donors (Lipinski definition) is 3. The molecular formula is C35H31N3O5. The summed E-state index contributed by atoms with van der Waals surface area (Å²) in [5.41, 5.74) is -0.611. The van der Waals surface area contributed by atoms with Crippen LogP contribution in [0.2, 0.25) is 0 Å². The second-order valence-corrected chi connectivity index (χ2v) is 10.5. The normalized spacial score (nSPS) is 20.0. The van der Waals surface area contributed by atoms with Crippen LogP contribution in [0.3, 0.4) is 0 Å². The van der Waals surface area contributed by atoms with E-state index in [-0.39, 0.29) is 12.2 Å². The second-order valence-electron chi connectivity index (χ2n) is 10.5. The summed E-state index contributed by atoms with van der Waals surface area (Å²) in [4.78, 5) is 31.1. The molecule has 4 aromatic carbocycles. The zero-order valence-corrected chi connectivity index (χ0v) is 23.3. The molecule has 43 heavy (non-hydrogen) atoms. The smallest absolute Gasteiger partial charge is 0.351 e. The average molecular weight is 574 g/mol. The fourth-order valence-electron chi connectivity index (χ4n) is 6.29. The number of anilines is 1. The molecule has 8 heteroatoms. The Hall–Kier alpha value is -4.89. The highest BCUT2D eigenvalue weighted by molar-refractivity contribution is 6.03. The summed E-state index contributed by atoms with van der Waals surface area (Å²) in [6, 6.07) is 39.2. The van der Waals surface area contributed by atoms with E-state index in [9.17, 15) is 19.8 Å². The van der Waals surface area contributed by atoms with Crippen LogP contribution < -0.4 is 11.0 Å². The summed E-state index contributed by atoms with van der Waals surface area (Å²) in [7, 11) is 0. The average Bonchev–Trinajstić information content (AvgIpc) is 3.40. The Balaban J connectivity index is 1.61. The number of ether oxygens (including phenoxy) is 1. The molecule has 3 atom stereocenters. The van der Waals surface area contributed by atoms with Gasteiger partial charge in [0, 0.05) is 18.2 Å². The molecule has 0 unspecified atom stereocenters. The molecule has 1 aromatic heterocycles. The van der Waals surface area contributed by atoms with Crippen LogP contribution in [0.25, 0.3) is 0 Å². The van der Waals surface area contributed by atoms with E-state index in [1.54, 1.807) is 24.3 Å². The molecule has 5 aromatic rings. The molecule has 216 valence electrons. The Morgan fingerprint density at radius 3 is 1.77 bits per heavy atom. The van der Waals surface area contributed by atoms with E-state index < -0.39 is 41.6 Å². The van der Waals surface area contributed by atoms with Gasteiger partial charge in [0.15, 0.2) is 5.72 Å². The van der Waals surface area contributed by atoms with Crippen LogP contribution in [-0.2, 0) is 15.9 Å². The first-order valence-electron chi connectivity index (χ1n) is 14.1. The lowest BCUT2D eigenvalue weighted by Crippen LogP contribution is -2.58. The van der Waals surface area contributed by atoms with Crippen molar-refractivity contribution in [3.63, 3.8) is 0 Å². The molecule has 0 saturated carbocycles. The number of carbonyl (C=O) groups is 1. The highest BCUT2D eigenvalue weighted by Gasteiger charge is 2.63. The van der Waals surface area contributed by atoms with Gasteiger partial charge in [-0.25, -0.2) is 4.79 Å². The van der Waals surface area contributed by atoms with E-state index in [0.717, 1.165) is 16.7 Å². The van der Waals surface area contributed by atoms with Crippen molar-refractivity contribution in [2.45, 2.75) is 29.8 Å². The molecule has 1 aliphatic heterocycles. The fraction of sp³-hybridized carbons (Fsp3) is 0.171. The maximum absolute atomic E-state index is 14.1. The highest BCUT2D eigenvalue weighted by Crippen LogP contribution is 2.56. The van der Waals surface area contributed by atoms with E-state index in [4.69, 9.17) is 4.74 Å². The number of amides is 1. The van der Waals surface area contributed by atoms with Crippen LogP contribution in [0.5, 0.6) is 0 Å². The molecule has 0 bridgehead atoms. The predicted molar refractivity (Wildman–Crippen MR) is 163 cm³/mol. The predicted octanol–water partition coefficient (Wildman–Crippen LogP) is 4.33. The largest absolute Gasteiger partial charge is 0.394 e. The first-order valence-corrected chi connectivity index (χ1v) is 14.1. The minimum atomic E-state index is -1.59. The van der Waals surface area contributed by atoms with E-state index in [0.29, 0.717) is 5.56 Å². The van der Waals surface area contributed by atoms with Crippen molar-refractivity contribution in [3.05, 3.63) is 166 Å². The molecule has 1 amide bonds. The van der Waals surface area contributed by atoms with Crippen LogP contribution in [-0.4, -0.2) is 44.5 Å². The topological polar surface area (TPSA) is 114 Å². The third-order valence-corrected chi connectivity index (χ3v) is 8.12. The summed E-state index contributed by atoms with van der Waals surface area (Å²) in [6.07, 6.45) is -0.565. The number of carbonyl (C=O) groups excluding carboxylic acids is 1. The number of hydrogen-bond acceptors (Lipinski definition) is 6. The summed E-state index contributed by atoms with van der Waals surface area (Å²) in [5, 5.41) is 24.3. The number of nitrogens with zero attached hydrogens (tertiary/aromatic N) is 2. The van der Waals surface area contributed by atoms with Crippen LogP contribution in [0.4, 0.5) is 5.82 Å². The SMILES string of the molecule is O=C(Nc1ccn([C@@]2(C(c3ccccc3)(c3ccccc3)c3ccccc3)C[C@H](O)[C@@H](CO)O2)c(=O)n1)c1ccccc1. The number of aromatic nitrogens is 2. The molecule has 8 nitrogen and oxygen atoms in total. The van der Waals surface area contributed by atoms with Gasteiger partial charge in [-0.05, 0) is 34.9 Å². The third-order valence-electron chi connectivity index (χ3n) is 8.12. The van der Waals surface area contributed by atoms with Crippen LogP contribution in [0, 0.1) is 0 Å². The zero-order chi connectivity index (χ0) is 29.9. The van der Waals surface area contributed by atoms with Gasteiger partial charge in [0.25, 0.3) is 5.91 Å². The van der Waals surface area contributed by atoms with Crippen LogP contribution in [0.1, 0.15) is 33.5 Å². The molecule has 0 radical (unpaired) electrons. The van der Waals surface area contributed by atoms with Crippen molar-refractivity contribution in [2.75, 3.05) is 11.9 Å².